The second-order valence-corrected chi connectivity index (χ2v) is 7.58. The van der Waals surface area contributed by atoms with Gasteiger partial charge in [-0.3, -0.25) is 4.99 Å². The second kappa shape index (κ2) is 7.59. The maximum absolute atomic E-state index is 6.32. The summed E-state index contributed by atoms with van der Waals surface area (Å²) in [5, 5.41) is 0. The zero-order valence-electron chi connectivity index (χ0n) is 16.4. The molecular formula is C24H27NO2. The van der Waals surface area contributed by atoms with E-state index in [2.05, 4.69) is 44.2 Å². The number of rotatable bonds is 5. The fourth-order valence-corrected chi connectivity index (χ4v) is 3.90. The molecule has 0 N–H and O–H groups in total. The Labute approximate surface area is 161 Å². The molecule has 0 bridgehead atoms. The van der Waals surface area contributed by atoms with E-state index in [9.17, 15) is 0 Å². The van der Waals surface area contributed by atoms with Crippen molar-refractivity contribution in [2.24, 2.45) is 4.99 Å². The minimum Gasteiger partial charge on any atom is -0.493 e. The topological polar surface area (TPSA) is 30.8 Å². The summed E-state index contributed by atoms with van der Waals surface area (Å²) in [5.41, 5.74) is 7.17. The minimum atomic E-state index is 0.299. The van der Waals surface area contributed by atoms with Gasteiger partial charge in [-0.25, -0.2) is 0 Å². The van der Waals surface area contributed by atoms with E-state index >= 15 is 0 Å². The molecule has 4 rings (SSSR count). The van der Waals surface area contributed by atoms with Gasteiger partial charge in [-0.15, -0.1) is 0 Å². The molecule has 1 fully saturated rings. The summed E-state index contributed by atoms with van der Waals surface area (Å²) in [6, 6.07) is 10.5. The van der Waals surface area contributed by atoms with E-state index < -0.39 is 0 Å². The van der Waals surface area contributed by atoms with Gasteiger partial charge in [0.25, 0.3) is 0 Å². The average molecular weight is 361 g/mol. The van der Waals surface area contributed by atoms with Gasteiger partial charge in [-0.1, -0.05) is 18.2 Å². The number of hydrogen-bond acceptors (Lipinski definition) is 3. The summed E-state index contributed by atoms with van der Waals surface area (Å²) in [6.45, 7) is 4.30. The van der Waals surface area contributed by atoms with Crippen LogP contribution in [0.4, 0.5) is 5.69 Å². The number of ether oxygens (including phenoxy) is 2. The molecule has 0 atom stereocenters. The summed E-state index contributed by atoms with van der Waals surface area (Å²) < 4.78 is 11.9. The fraction of sp³-hybridized carbons (Fsp3) is 0.375. The number of fused-ring (bicyclic) bond motifs is 1. The Hall–Kier alpha value is -2.55. The predicted molar refractivity (Wildman–Crippen MR) is 112 cm³/mol. The highest BCUT2D eigenvalue weighted by Gasteiger charge is 2.20. The second-order valence-electron chi connectivity index (χ2n) is 7.58. The van der Waals surface area contributed by atoms with E-state index in [1.807, 2.05) is 12.1 Å². The van der Waals surface area contributed by atoms with Gasteiger partial charge in [0.2, 0.25) is 0 Å². The molecule has 0 amide bonds. The van der Waals surface area contributed by atoms with Crippen molar-refractivity contribution in [2.75, 3.05) is 7.11 Å². The van der Waals surface area contributed by atoms with E-state index in [0.717, 1.165) is 47.7 Å². The molecule has 1 saturated carbocycles. The zero-order valence-corrected chi connectivity index (χ0v) is 16.4. The van der Waals surface area contributed by atoms with Crippen molar-refractivity contribution in [1.82, 2.24) is 0 Å². The molecule has 1 aliphatic carbocycles. The first-order valence-corrected chi connectivity index (χ1v) is 9.83. The number of para-hydroxylation sites is 1. The summed E-state index contributed by atoms with van der Waals surface area (Å²) in [5.74, 6) is 1.65. The molecule has 3 heteroatoms. The van der Waals surface area contributed by atoms with Crippen molar-refractivity contribution in [2.45, 2.75) is 52.1 Å². The SMILES string of the molecule is COc1cccc(/C=C/C2=Nc3cc(C)c(C)cc3C2)c1OC1CCCC1. The summed E-state index contributed by atoms with van der Waals surface area (Å²) >= 11 is 0. The van der Waals surface area contributed by atoms with Gasteiger partial charge >= 0.3 is 0 Å². The highest BCUT2D eigenvalue weighted by molar-refractivity contribution is 6.04. The minimum absolute atomic E-state index is 0.299. The first kappa shape index (κ1) is 17.8. The highest BCUT2D eigenvalue weighted by atomic mass is 16.5. The Morgan fingerprint density at radius 2 is 1.81 bits per heavy atom. The smallest absolute Gasteiger partial charge is 0.168 e. The van der Waals surface area contributed by atoms with Gasteiger partial charge in [0.15, 0.2) is 11.5 Å². The van der Waals surface area contributed by atoms with Gasteiger partial charge in [-0.2, -0.15) is 0 Å². The zero-order chi connectivity index (χ0) is 18.8. The molecule has 0 unspecified atom stereocenters. The van der Waals surface area contributed by atoms with Gasteiger partial charge in [-0.05, 0) is 80.5 Å². The van der Waals surface area contributed by atoms with Crippen LogP contribution in [-0.4, -0.2) is 18.9 Å². The van der Waals surface area contributed by atoms with Crippen molar-refractivity contribution in [3.63, 3.8) is 0 Å². The largest absolute Gasteiger partial charge is 0.493 e. The molecule has 0 radical (unpaired) electrons. The van der Waals surface area contributed by atoms with E-state index in [1.165, 1.54) is 29.5 Å². The van der Waals surface area contributed by atoms with E-state index in [4.69, 9.17) is 14.5 Å². The summed E-state index contributed by atoms with van der Waals surface area (Å²) in [7, 11) is 1.70. The van der Waals surface area contributed by atoms with Crippen molar-refractivity contribution in [3.05, 3.63) is 58.7 Å². The molecule has 2 aliphatic rings. The van der Waals surface area contributed by atoms with Gasteiger partial charge < -0.3 is 9.47 Å². The van der Waals surface area contributed by atoms with Crippen LogP contribution in [-0.2, 0) is 6.42 Å². The first-order valence-electron chi connectivity index (χ1n) is 9.83. The third-order valence-corrected chi connectivity index (χ3v) is 5.60. The van der Waals surface area contributed by atoms with Crippen LogP contribution < -0.4 is 9.47 Å². The van der Waals surface area contributed by atoms with E-state index in [-0.39, 0.29) is 0 Å². The van der Waals surface area contributed by atoms with Gasteiger partial charge in [0.05, 0.1) is 18.9 Å². The lowest BCUT2D eigenvalue weighted by atomic mass is 10.0. The number of aryl methyl sites for hydroxylation is 2. The number of methoxy groups -OCH3 is 1. The lowest BCUT2D eigenvalue weighted by Gasteiger charge is -2.18. The van der Waals surface area contributed by atoms with Crippen LogP contribution in [0.25, 0.3) is 6.08 Å². The van der Waals surface area contributed by atoms with E-state index in [0.29, 0.717) is 6.10 Å². The summed E-state index contributed by atoms with van der Waals surface area (Å²) in [6.07, 6.45) is 10.2. The fourth-order valence-electron chi connectivity index (χ4n) is 3.90. The normalized spacial score (nSPS) is 16.6. The molecule has 2 aromatic rings. The molecule has 140 valence electrons. The standard InChI is InChI=1S/C24H27NO2/c1-16-13-19-15-20(25-22(19)14-17(16)2)12-11-18-7-6-10-23(26-3)24(18)27-21-8-4-5-9-21/h6-7,10-14,21H,4-5,8-9,15H2,1-3H3/b12-11+. The Bertz CT molecular complexity index is 905. The van der Waals surface area contributed by atoms with Gasteiger partial charge in [0.1, 0.15) is 0 Å². The van der Waals surface area contributed by atoms with Crippen molar-refractivity contribution >= 4 is 17.5 Å². The highest BCUT2D eigenvalue weighted by Crippen LogP contribution is 2.36. The molecule has 1 aliphatic heterocycles. The predicted octanol–water partition coefficient (Wildman–Crippen LogP) is 5.98. The maximum Gasteiger partial charge on any atom is 0.168 e. The van der Waals surface area contributed by atoms with E-state index in [1.54, 1.807) is 7.11 Å². The maximum atomic E-state index is 6.32. The third-order valence-electron chi connectivity index (χ3n) is 5.60. The molecule has 0 aromatic heterocycles. The van der Waals surface area contributed by atoms with Crippen molar-refractivity contribution < 1.29 is 9.47 Å². The Kier molecular flexibility index (Phi) is 5.02. The first-order chi connectivity index (χ1) is 13.1. The Morgan fingerprint density at radius 1 is 1.04 bits per heavy atom. The quantitative estimate of drug-likeness (QED) is 0.656. The number of aliphatic imine (C=N–C) groups is 1. The van der Waals surface area contributed by atoms with Crippen LogP contribution in [0, 0.1) is 13.8 Å². The molecule has 1 heterocycles. The van der Waals surface area contributed by atoms with Crippen LogP contribution in [0.2, 0.25) is 0 Å². The molecule has 0 spiro atoms. The molecular weight excluding hydrogens is 334 g/mol. The molecule has 0 saturated heterocycles. The third kappa shape index (κ3) is 3.78. The van der Waals surface area contributed by atoms with Gasteiger partial charge in [0, 0.05) is 17.7 Å². The number of nitrogens with zero attached hydrogens (tertiary/aromatic N) is 1. The molecule has 3 nitrogen and oxygen atoms in total. The molecule has 2 aromatic carbocycles. The van der Waals surface area contributed by atoms with Crippen LogP contribution >= 0.6 is 0 Å². The van der Waals surface area contributed by atoms with Crippen LogP contribution in [0.5, 0.6) is 11.5 Å². The Morgan fingerprint density at radius 3 is 2.59 bits per heavy atom. The lowest BCUT2D eigenvalue weighted by molar-refractivity contribution is 0.200. The van der Waals surface area contributed by atoms with Crippen molar-refractivity contribution in [3.8, 4) is 11.5 Å². The van der Waals surface area contributed by atoms with Crippen LogP contribution in [0.3, 0.4) is 0 Å². The Balaban J connectivity index is 1.58. The number of hydrogen-bond donors (Lipinski definition) is 0. The lowest BCUT2D eigenvalue weighted by Crippen LogP contribution is -2.12. The van der Waals surface area contributed by atoms with Crippen LogP contribution in [0.15, 0.2) is 41.4 Å². The number of benzene rings is 2. The van der Waals surface area contributed by atoms with Crippen LogP contribution in [0.1, 0.15) is 47.9 Å². The number of allylic oxidation sites excluding steroid dienone is 1. The molecule has 27 heavy (non-hydrogen) atoms. The van der Waals surface area contributed by atoms with Crippen molar-refractivity contribution in [1.29, 1.82) is 0 Å². The average Bonchev–Trinajstić information content (AvgIpc) is 3.30. The summed E-state index contributed by atoms with van der Waals surface area (Å²) in [4.78, 5) is 4.80. The monoisotopic (exact) mass is 361 g/mol.